The first kappa shape index (κ1) is 22.5. The van der Waals surface area contributed by atoms with Crippen molar-refractivity contribution in [3.63, 3.8) is 0 Å². The zero-order valence-electron chi connectivity index (χ0n) is 18.2. The summed E-state index contributed by atoms with van der Waals surface area (Å²) in [5, 5.41) is 7.51. The quantitative estimate of drug-likeness (QED) is 0.653. The van der Waals surface area contributed by atoms with Crippen LogP contribution in [0.15, 0.2) is 18.2 Å². The van der Waals surface area contributed by atoms with Crippen LogP contribution in [0.4, 0.5) is 0 Å². The molecule has 0 fully saturated rings. The van der Waals surface area contributed by atoms with E-state index in [4.69, 9.17) is 9.47 Å². The first-order valence-corrected chi connectivity index (χ1v) is 9.81. The molecule has 1 aromatic heterocycles. The summed E-state index contributed by atoms with van der Waals surface area (Å²) in [5.74, 6) is 0.440. The maximum Gasteiger partial charge on any atom is 0.341 e. The highest BCUT2D eigenvalue weighted by molar-refractivity contribution is 5.92. The molecule has 2 rings (SSSR count). The number of esters is 1. The molecule has 0 aliphatic carbocycles. The molecule has 1 heterocycles. The molecule has 0 saturated carbocycles. The first-order chi connectivity index (χ1) is 13.8. The Bertz CT molecular complexity index is 871. The summed E-state index contributed by atoms with van der Waals surface area (Å²) >= 11 is 0. The van der Waals surface area contributed by atoms with Crippen molar-refractivity contribution in [2.45, 2.75) is 53.6 Å². The smallest absolute Gasteiger partial charge is 0.341 e. The summed E-state index contributed by atoms with van der Waals surface area (Å²) in [6, 6.07) is 5.19. The lowest BCUT2D eigenvalue weighted by Gasteiger charge is -2.10. The van der Waals surface area contributed by atoms with Crippen molar-refractivity contribution >= 4 is 11.9 Å². The highest BCUT2D eigenvalue weighted by atomic mass is 16.5. The van der Waals surface area contributed by atoms with Gasteiger partial charge in [0.1, 0.15) is 11.3 Å². The van der Waals surface area contributed by atoms with Crippen molar-refractivity contribution in [2.75, 3.05) is 14.2 Å². The zero-order chi connectivity index (χ0) is 21.6. The standard InChI is InChI=1S/C22H31N3O4/c1-14(2)13-25-16(4)18(15(3)24-25)8-10-21(26)23-12-17-7-9-20(28-5)19(11-17)22(27)29-6/h7,9,11,14H,8,10,12-13H2,1-6H3,(H,23,26). The number of hydrogen-bond acceptors (Lipinski definition) is 5. The Hall–Kier alpha value is -2.83. The molecular formula is C22H31N3O4. The molecule has 0 bridgehead atoms. The first-order valence-electron chi connectivity index (χ1n) is 9.81. The molecule has 1 amide bonds. The third kappa shape index (κ3) is 5.82. The van der Waals surface area contributed by atoms with Crippen LogP contribution in [0, 0.1) is 19.8 Å². The number of aromatic nitrogens is 2. The monoisotopic (exact) mass is 401 g/mol. The van der Waals surface area contributed by atoms with E-state index in [0.717, 1.165) is 29.1 Å². The van der Waals surface area contributed by atoms with Gasteiger partial charge in [0.25, 0.3) is 0 Å². The lowest BCUT2D eigenvalue weighted by molar-refractivity contribution is -0.121. The van der Waals surface area contributed by atoms with E-state index in [2.05, 4.69) is 31.2 Å². The van der Waals surface area contributed by atoms with Gasteiger partial charge >= 0.3 is 5.97 Å². The van der Waals surface area contributed by atoms with E-state index in [1.807, 2.05) is 17.7 Å². The van der Waals surface area contributed by atoms with Gasteiger partial charge in [-0.05, 0) is 49.4 Å². The number of nitrogens with zero attached hydrogens (tertiary/aromatic N) is 2. The highest BCUT2D eigenvalue weighted by Crippen LogP contribution is 2.21. The van der Waals surface area contributed by atoms with Crippen LogP contribution in [0.2, 0.25) is 0 Å². The fourth-order valence-electron chi connectivity index (χ4n) is 3.28. The molecule has 0 aliphatic heterocycles. The Kier molecular flexibility index (Phi) is 7.82. The Morgan fingerprint density at radius 2 is 1.93 bits per heavy atom. The topological polar surface area (TPSA) is 82.5 Å². The number of benzene rings is 1. The zero-order valence-corrected chi connectivity index (χ0v) is 18.2. The van der Waals surface area contributed by atoms with Gasteiger partial charge in [0.05, 0.1) is 19.9 Å². The van der Waals surface area contributed by atoms with Crippen molar-refractivity contribution in [2.24, 2.45) is 5.92 Å². The molecule has 0 atom stereocenters. The van der Waals surface area contributed by atoms with Crippen LogP contribution < -0.4 is 10.1 Å². The number of nitrogens with one attached hydrogen (secondary N) is 1. The van der Waals surface area contributed by atoms with Gasteiger partial charge in [0, 0.05) is 25.2 Å². The average molecular weight is 402 g/mol. The third-order valence-corrected chi connectivity index (χ3v) is 4.83. The van der Waals surface area contributed by atoms with E-state index in [9.17, 15) is 9.59 Å². The van der Waals surface area contributed by atoms with Crippen molar-refractivity contribution in [3.8, 4) is 5.75 Å². The molecule has 0 spiro atoms. The number of carbonyl (C=O) groups is 2. The molecule has 29 heavy (non-hydrogen) atoms. The van der Waals surface area contributed by atoms with Gasteiger partial charge in [-0.3, -0.25) is 9.48 Å². The maximum atomic E-state index is 12.3. The Balaban J connectivity index is 1.96. The minimum Gasteiger partial charge on any atom is -0.496 e. The van der Waals surface area contributed by atoms with Crippen molar-refractivity contribution < 1.29 is 19.1 Å². The minimum atomic E-state index is -0.473. The molecule has 0 radical (unpaired) electrons. The van der Waals surface area contributed by atoms with Gasteiger partial charge in [-0.25, -0.2) is 4.79 Å². The second-order valence-corrected chi connectivity index (χ2v) is 7.53. The Morgan fingerprint density at radius 1 is 1.21 bits per heavy atom. The predicted octanol–water partition coefficient (Wildman–Crippen LogP) is 3.20. The number of rotatable bonds is 9. The fourth-order valence-corrected chi connectivity index (χ4v) is 3.28. The number of hydrogen-bond donors (Lipinski definition) is 1. The molecule has 0 unspecified atom stereocenters. The number of carbonyl (C=O) groups excluding carboxylic acids is 2. The predicted molar refractivity (Wildman–Crippen MR) is 111 cm³/mol. The molecular weight excluding hydrogens is 370 g/mol. The largest absolute Gasteiger partial charge is 0.496 e. The SMILES string of the molecule is COC(=O)c1cc(CNC(=O)CCc2c(C)nn(CC(C)C)c2C)ccc1OC. The van der Waals surface area contributed by atoms with Crippen LogP contribution in [0.5, 0.6) is 5.75 Å². The maximum absolute atomic E-state index is 12.3. The third-order valence-electron chi connectivity index (χ3n) is 4.83. The van der Waals surface area contributed by atoms with Gasteiger partial charge in [-0.2, -0.15) is 5.10 Å². The van der Waals surface area contributed by atoms with Gasteiger partial charge in [-0.1, -0.05) is 19.9 Å². The lowest BCUT2D eigenvalue weighted by atomic mass is 10.1. The Labute approximate surface area is 172 Å². The fraction of sp³-hybridized carbons (Fsp3) is 0.500. The second-order valence-electron chi connectivity index (χ2n) is 7.53. The normalized spacial score (nSPS) is 10.9. The van der Waals surface area contributed by atoms with E-state index >= 15 is 0 Å². The van der Waals surface area contributed by atoms with Crippen LogP contribution >= 0.6 is 0 Å². The van der Waals surface area contributed by atoms with Crippen LogP contribution in [0.25, 0.3) is 0 Å². The molecule has 2 aromatic rings. The van der Waals surface area contributed by atoms with Gasteiger partial charge in [0.15, 0.2) is 0 Å². The molecule has 1 aromatic carbocycles. The summed E-state index contributed by atoms with van der Waals surface area (Å²) in [4.78, 5) is 24.2. The molecule has 7 nitrogen and oxygen atoms in total. The van der Waals surface area contributed by atoms with Crippen LogP contribution in [0.1, 0.15) is 53.1 Å². The van der Waals surface area contributed by atoms with E-state index in [0.29, 0.717) is 36.6 Å². The summed E-state index contributed by atoms with van der Waals surface area (Å²) in [7, 11) is 2.82. The van der Waals surface area contributed by atoms with E-state index < -0.39 is 5.97 Å². The average Bonchev–Trinajstić information content (AvgIpc) is 2.95. The highest BCUT2D eigenvalue weighted by Gasteiger charge is 2.15. The van der Waals surface area contributed by atoms with Gasteiger partial charge in [0.2, 0.25) is 5.91 Å². The number of aryl methyl sites for hydroxylation is 1. The molecule has 0 aliphatic rings. The molecule has 0 saturated heterocycles. The number of amides is 1. The summed E-state index contributed by atoms with van der Waals surface area (Å²) in [6.07, 6.45) is 1.03. The summed E-state index contributed by atoms with van der Waals surface area (Å²) < 4.78 is 12.0. The molecule has 7 heteroatoms. The van der Waals surface area contributed by atoms with Crippen LogP contribution in [-0.4, -0.2) is 35.9 Å². The molecule has 158 valence electrons. The van der Waals surface area contributed by atoms with Crippen molar-refractivity contribution in [1.82, 2.24) is 15.1 Å². The molecule has 1 N–H and O–H groups in total. The van der Waals surface area contributed by atoms with Crippen molar-refractivity contribution in [1.29, 1.82) is 0 Å². The minimum absolute atomic E-state index is 0.0455. The summed E-state index contributed by atoms with van der Waals surface area (Å²) in [5.41, 5.74) is 4.39. The van der Waals surface area contributed by atoms with E-state index in [1.54, 1.807) is 12.1 Å². The Morgan fingerprint density at radius 3 is 2.55 bits per heavy atom. The lowest BCUT2D eigenvalue weighted by Crippen LogP contribution is -2.23. The number of methoxy groups -OCH3 is 2. The van der Waals surface area contributed by atoms with Crippen LogP contribution in [-0.2, 0) is 29.0 Å². The number of ether oxygens (including phenoxy) is 2. The van der Waals surface area contributed by atoms with Crippen LogP contribution in [0.3, 0.4) is 0 Å². The van der Waals surface area contributed by atoms with E-state index in [-0.39, 0.29) is 5.91 Å². The summed E-state index contributed by atoms with van der Waals surface area (Å²) in [6.45, 7) is 9.57. The second kappa shape index (κ2) is 10.1. The van der Waals surface area contributed by atoms with Gasteiger partial charge in [-0.15, -0.1) is 0 Å². The van der Waals surface area contributed by atoms with E-state index in [1.165, 1.54) is 14.2 Å². The van der Waals surface area contributed by atoms with Gasteiger partial charge < -0.3 is 14.8 Å². The van der Waals surface area contributed by atoms with Crippen molar-refractivity contribution in [3.05, 3.63) is 46.3 Å².